The van der Waals surface area contributed by atoms with Crippen LogP contribution in [0, 0.1) is 6.92 Å². The average Bonchev–Trinajstić information content (AvgIpc) is 3.24. The van der Waals surface area contributed by atoms with Crippen molar-refractivity contribution in [2.24, 2.45) is 0 Å². The first-order chi connectivity index (χ1) is 17.6. The molecule has 6 aromatic rings. The monoisotopic (exact) mass is 497 g/mol. The molecule has 0 N–H and O–H groups in total. The van der Waals surface area contributed by atoms with Gasteiger partial charge in [-0.3, -0.25) is 18.8 Å². The van der Waals surface area contributed by atoms with E-state index in [1.54, 1.807) is 6.07 Å². The van der Waals surface area contributed by atoms with E-state index in [-0.39, 0.29) is 22.4 Å². The Morgan fingerprint density at radius 2 is 1.49 bits per heavy atom. The number of halogens is 3. The van der Waals surface area contributed by atoms with Crippen molar-refractivity contribution in [1.29, 1.82) is 0 Å². The normalized spacial score (nSPS) is 14.1. The maximum atomic E-state index is 13.6. The van der Waals surface area contributed by atoms with Crippen LogP contribution in [-0.4, -0.2) is 21.2 Å². The van der Waals surface area contributed by atoms with E-state index < -0.39 is 23.6 Å². The number of nitrogens with zero attached hydrogens (tertiary/aromatic N) is 3. The Morgan fingerprint density at radius 1 is 0.784 bits per heavy atom. The first-order valence-electron chi connectivity index (χ1n) is 11.3. The molecule has 6 nitrogen and oxygen atoms in total. The number of hydrogen-bond donors (Lipinski definition) is 0. The predicted molar refractivity (Wildman–Crippen MR) is 132 cm³/mol. The lowest BCUT2D eigenvalue weighted by atomic mass is 9.90. The Bertz CT molecular complexity index is 2040. The minimum Gasteiger partial charge on any atom is -0.268 e. The molecule has 2 amide bonds. The molecule has 2 aromatic heterocycles. The van der Waals surface area contributed by atoms with E-state index >= 15 is 0 Å². The number of amides is 2. The summed E-state index contributed by atoms with van der Waals surface area (Å²) < 4.78 is 41.5. The summed E-state index contributed by atoms with van der Waals surface area (Å²) in [5, 5.41) is 1.65. The van der Waals surface area contributed by atoms with Gasteiger partial charge in [0.25, 0.3) is 17.4 Å². The van der Waals surface area contributed by atoms with Crippen molar-refractivity contribution in [3.05, 3.63) is 99.3 Å². The maximum Gasteiger partial charge on any atom is 0.416 e. The second kappa shape index (κ2) is 6.91. The van der Waals surface area contributed by atoms with Crippen LogP contribution in [-0.2, 0) is 6.18 Å². The molecule has 37 heavy (non-hydrogen) atoms. The molecular formula is C28H14F3N3O3. The van der Waals surface area contributed by atoms with E-state index in [4.69, 9.17) is 0 Å². The molecule has 0 bridgehead atoms. The van der Waals surface area contributed by atoms with Crippen molar-refractivity contribution in [1.82, 2.24) is 9.38 Å². The summed E-state index contributed by atoms with van der Waals surface area (Å²) in [7, 11) is 0. The maximum absolute atomic E-state index is 13.6. The zero-order chi connectivity index (χ0) is 25.8. The zero-order valence-electron chi connectivity index (χ0n) is 19.1. The molecule has 9 heteroatoms. The number of imide groups is 1. The molecule has 3 heterocycles. The van der Waals surface area contributed by atoms with Crippen LogP contribution in [0.4, 0.5) is 18.9 Å². The number of imidazole rings is 1. The summed E-state index contributed by atoms with van der Waals surface area (Å²) in [5.74, 6) is -1.52. The van der Waals surface area contributed by atoms with Crippen molar-refractivity contribution < 1.29 is 22.8 Å². The third kappa shape index (κ3) is 2.76. The number of hydrogen-bond acceptors (Lipinski definition) is 4. The van der Waals surface area contributed by atoms with Crippen molar-refractivity contribution in [3.63, 3.8) is 0 Å². The van der Waals surface area contributed by atoms with E-state index in [0.29, 0.717) is 38.2 Å². The van der Waals surface area contributed by atoms with E-state index in [2.05, 4.69) is 4.98 Å². The second-order valence-corrected chi connectivity index (χ2v) is 9.13. The van der Waals surface area contributed by atoms with Crippen LogP contribution in [0.3, 0.4) is 0 Å². The molecule has 7 rings (SSSR count). The van der Waals surface area contributed by atoms with Gasteiger partial charge in [0, 0.05) is 32.7 Å². The number of anilines is 1. The van der Waals surface area contributed by atoms with Crippen LogP contribution >= 0.6 is 0 Å². The third-order valence-corrected chi connectivity index (χ3v) is 6.94. The third-order valence-electron chi connectivity index (χ3n) is 6.94. The molecule has 0 aliphatic carbocycles. The van der Waals surface area contributed by atoms with Gasteiger partial charge in [-0.05, 0) is 67.1 Å². The van der Waals surface area contributed by atoms with Crippen LogP contribution in [0.2, 0.25) is 0 Å². The number of alkyl halides is 3. The number of aromatic nitrogens is 2. The summed E-state index contributed by atoms with van der Waals surface area (Å²) in [6.07, 6.45) is -4.64. The molecule has 0 radical (unpaired) electrons. The number of pyridine rings is 1. The average molecular weight is 497 g/mol. The summed E-state index contributed by atoms with van der Waals surface area (Å²) in [6.45, 7) is 1.92. The van der Waals surface area contributed by atoms with Crippen LogP contribution in [0.15, 0.2) is 71.5 Å². The molecule has 1 aliphatic heterocycles. The van der Waals surface area contributed by atoms with Gasteiger partial charge in [-0.15, -0.1) is 0 Å². The summed E-state index contributed by atoms with van der Waals surface area (Å²) in [4.78, 5) is 46.1. The Kier molecular flexibility index (Phi) is 4.01. The summed E-state index contributed by atoms with van der Waals surface area (Å²) in [6, 6.07) is 15.8. The molecule has 0 atom stereocenters. The van der Waals surface area contributed by atoms with E-state index in [1.165, 1.54) is 28.7 Å². The van der Waals surface area contributed by atoms with Gasteiger partial charge in [0.1, 0.15) is 5.65 Å². The van der Waals surface area contributed by atoms with Gasteiger partial charge in [-0.2, -0.15) is 13.2 Å². The fourth-order valence-corrected chi connectivity index (χ4v) is 5.30. The van der Waals surface area contributed by atoms with Crippen LogP contribution in [0.25, 0.3) is 38.2 Å². The second-order valence-electron chi connectivity index (χ2n) is 9.13. The summed E-state index contributed by atoms with van der Waals surface area (Å²) >= 11 is 0. The van der Waals surface area contributed by atoms with Crippen molar-refractivity contribution in [2.45, 2.75) is 13.1 Å². The van der Waals surface area contributed by atoms with Gasteiger partial charge in [0.2, 0.25) is 0 Å². The predicted octanol–water partition coefficient (Wildman–Crippen LogP) is 5.72. The Hall–Kier alpha value is -4.79. The van der Waals surface area contributed by atoms with Gasteiger partial charge in [-0.25, -0.2) is 9.88 Å². The lowest BCUT2D eigenvalue weighted by molar-refractivity contribution is -0.137. The highest BCUT2D eigenvalue weighted by Gasteiger charge is 2.37. The lowest BCUT2D eigenvalue weighted by Crippen LogP contribution is -2.40. The number of rotatable bonds is 1. The van der Waals surface area contributed by atoms with E-state index in [0.717, 1.165) is 28.7 Å². The Labute approximate surface area is 205 Å². The van der Waals surface area contributed by atoms with E-state index in [1.807, 2.05) is 25.1 Å². The number of carbonyl (C=O) groups is 2. The molecule has 0 unspecified atom stereocenters. The van der Waals surface area contributed by atoms with Gasteiger partial charge in [-0.1, -0.05) is 12.1 Å². The first kappa shape index (κ1) is 21.5. The molecule has 0 saturated heterocycles. The largest absolute Gasteiger partial charge is 0.416 e. The quantitative estimate of drug-likeness (QED) is 0.273. The highest BCUT2D eigenvalue weighted by molar-refractivity contribution is 6.38. The van der Waals surface area contributed by atoms with Crippen molar-refractivity contribution in [3.8, 4) is 0 Å². The van der Waals surface area contributed by atoms with Gasteiger partial charge in [0.15, 0.2) is 0 Å². The van der Waals surface area contributed by atoms with Crippen molar-refractivity contribution in [2.75, 3.05) is 4.90 Å². The number of aryl methyl sites for hydroxylation is 1. The molecule has 0 saturated carbocycles. The minimum absolute atomic E-state index is 0.126. The van der Waals surface area contributed by atoms with Crippen LogP contribution in [0.1, 0.15) is 31.8 Å². The zero-order valence-corrected chi connectivity index (χ0v) is 19.1. The van der Waals surface area contributed by atoms with Crippen LogP contribution in [0.5, 0.6) is 0 Å². The highest BCUT2D eigenvalue weighted by atomic mass is 19.4. The lowest BCUT2D eigenvalue weighted by Gasteiger charge is -2.28. The van der Waals surface area contributed by atoms with Crippen molar-refractivity contribution >= 4 is 55.7 Å². The first-order valence-corrected chi connectivity index (χ1v) is 11.3. The molecule has 0 spiro atoms. The SMILES string of the molecule is Cc1ccc2c(c1)nc1c3ccc4c5c(ccc(c(=O)n21)c53)C(=O)N(c1cccc(C(F)(F)F)c1)C4=O. The highest BCUT2D eigenvalue weighted by Crippen LogP contribution is 2.39. The fourth-order valence-electron chi connectivity index (χ4n) is 5.30. The van der Waals surface area contributed by atoms with Gasteiger partial charge in [0.05, 0.1) is 22.3 Å². The standard InChI is InChI=1S/C28H14F3N3O3/c1-13-5-10-21-20(11-13)32-24-16-6-7-18-23-19(9-8-17(22(16)23)27(37)34(21)24)26(36)33(25(18)35)15-4-2-3-14(12-15)28(29,30)31/h2-12H,1H3. The van der Waals surface area contributed by atoms with Gasteiger partial charge < -0.3 is 0 Å². The van der Waals surface area contributed by atoms with Gasteiger partial charge >= 0.3 is 6.18 Å². The Morgan fingerprint density at radius 3 is 2.19 bits per heavy atom. The summed E-state index contributed by atoms with van der Waals surface area (Å²) in [5.41, 5.74) is 1.44. The molecular weight excluding hydrogens is 483 g/mol. The Balaban J connectivity index is 1.53. The minimum atomic E-state index is -4.64. The smallest absolute Gasteiger partial charge is 0.268 e. The number of fused-ring (bicyclic) bond motifs is 4. The number of benzene rings is 4. The number of carbonyl (C=O) groups excluding carboxylic acids is 2. The molecule has 180 valence electrons. The molecule has 4 aromatic carbocycles. The fraction of sp³-hybridized carbons (Fsp3) is 0.0714. The molecule has 0 fully saturated rings. The molecule has 1 aliphatic rings. The van der Waals surface area contributed by atoms with E-state index in [9.17, 15) is 27.6 Å². The topological polar surface area (TPSA) is 71.8 Å². The van der Waals surface area contributed by atoms with Crippen LogP contribution < -0.4 is 10.5 Å².